The molecule has 0 bridgehead atoms. The number of likely N-dealkylation sites (tertiary alicyclic amines) is 1. The van der Waals surface area contributed by atoms with Crippen LogP contribution in [0.4, 0.5) is 8.78 Å². The van der Waals surface area contributed by atoms with Crippen LogP contribution in [-0.4, -0.2) is 45.8 Å². The maximum atomic E-state index is 13.8. The van der Waals surface area contributed by atoms with E-state index in [0.29, 0.717) is 28.7 Å². The highest BCUT2D eigenvalue weighted by Gasteiger charge is 2.34. The third-order valence-corrected chi connectivity index (χ3v) is 7.82. The SMILES string of the molecule is C1CNC1.CS(=O)(=O)C(=C1CN(C(c2ccc(Cl)cc2)c2ccc(Cl)cc2)C1)c1cc(F)cc(F)c1. The summed E-state index contributed by atoms with van der Waals surface area (Å²) < 4.78 is 52.6. The normalized spacial score (nSPS) is 15.6. The maximum absolute atomic E-state index is 13.8. The molecule has 0 unspecified atom stereocenters. The lowest BCUT2D eigenvalue weighted by atomic mass is 9.92. The Morgan fingerprint density at radius 1 is 0.861 bits per heavy atom. The monoisotopic (exact) mass is 550 g/mol. The van der Waals surface area contributed by atoms with Crippen LogP contribution < -0.4 is 5.32 Å². The average Bonchev–Trinajstić information content (AvgIpc) is 2.71. The summed E-state index contributed by atoms with van der Waals surface area (Å²) >= 11 is 12.1. The van der Waals surface area contributed by atoms with E-state index in [9.17, 15) is 17.2 Å². The van der Waals surface area contributed by atoms with E-state index in [0.717, 1.165) is 35.6 Å². The number of benzene rings is 3. The Morgan fingerprint density at radius 2 is 1.28 bits per heavy atom. The minimum atomic E-state index is -3.72. The lowest BCUT2D eigenvalue weighted by Crippen LogP contribution is -2.44. The second-order valence-electron chi connectivity index (χ2n) is 8.88. The summed E-state index contributed by atoms with van der Waals surface area (Å²) in [6, 6.07) is 17.5. The number of sulfone groups is 1. The fourth-order valence-corrected chi connectivity index (χ4v) is 5.67. The van der Waals surface area contributed by atoms with Crippen molar-refractivity contribution >= 4 is 37.9 Å². The van der Waals surface area contributed by atoms with Gasteiger partial charge in [0.25, 0.3) is 0 Å². The second kappa shape index (κ2) is 11.4. The first-order chi connectivity index (χ1) is 17.1. The molecular formula is C27H26Cl2F2N2O2S. The summed E-state index contributed by atoms with van der Waals surface area (Å²) in [5.41, 5.74) is 2.58. The van der Waals surface area contributed by atoms with Gasteiger partial charge in [-0.25, -0.2) is 17.2 Å². The van der Waals surface area contributed by atoms with Crippen molar-refractivity contribution in [2.75, 3.05) is 32.4 Å². The molecule has 2 heterocycles. The standard InChI is InChI=1S/C24H19Cl2F2NO2S.C3H7N/c1-32(30,31)24(17-10-21(27)12-22(28)11-17)18-13-29(14-18)23(15-2-6-19(25)7-3-15)16-4-8-20(26)9-5-16;1-2-4-3-1/h2-12,23H,13-14H2,1H3;4H,1-3H2. The Hall–Kier alpha value is -2.29. The number of hydrogen-bond donors (Lipinski definition) is 1. The molecule has 0 radical (unpaired) electrons. The molecule has 2 saturated heterocycles. The molecule has 4 nitrogen and oxygen atoms in total. The largest absolute Gasteiger partial charge is 0.317 e. The summed E-state index contributed by atoms with van der Waals surface area (Å²) in [4.78, 5) is 2.06. The van der Waals surface area contributed by atoms with Crippen molar-refractivity contribution < 1.29 is 17.2 Å². The highest BCUT2D eigenvalue weighted by Crippen LogP contribution is 2.39. The molecular weight excluding hydrogens is 525 g/mol. The first-order valence-electron chi connectivity index (χ1n) is 11.5. The predicted molar refractivity (Wildman–Crippen MR) is 142 cm³/mol. The molecule has 2 aliphatic rings. The molecule has 0 saturated carbocycles. The van der Waals surface area contributed by atoms with E-state index in [4.69, 9.17) is 23.2 Å². The van der Waals surface area contributed by atoms with Gasteiger partial charge < -0.3 is 5.32 Å². The van der Waals surface area contributed by atoms with Crippen molar-refractivity contribution in [1.82, 2.24) is 10.2 Å². The maximum Gasteiger partial charge on any atom is 0.176 e. The van der Waals surface area contributed by atoms with Crippen LogP contribution in [0.5, 0.6) is 0 Å². The molecule has 5 rings (SSSR count). The van der Waals surface area contributed by atoms with Crippen molar-refractivity contribution in [3.8, 4) is 0 Å². The summed E-state index contributed by atoms with van der Waals surface area (Å²) in [5, 5.41) is 4.33. The summed E-state index contributed by atoms with van der Waals surface area (Å²) in [7, 11) is -3.72. The zero-order valence-corrected chi connectivity index (χ0v) is 22.0. The van der Waals surface area contributed by atoms with Gasteiger partial charge in [-0.05, 0) is 78.2 Å². The summed E-state index contributed by atoms with van der Waals surface area (Å²) in [5.74, 6) is -1.64. The van der Waals surface area contributed by atoms with Crippen LogP contribution in [-0.2, 0) is 9.84 Å². The van der Waals surface area contributed by atoms with Crippen LogP contribution in [0.25, 0.3) is 4.91 Å². The van der Waals surface area contributed by atoms with E-state index in [-0.39, 0.29) is 16.5 Å². The van der Waals surface area contributed by atoms with Gasteiger partial charge in [0.15, 0.2) is 9.84 Å². The minimum Gasteiger partial charge on any atom is -0.317 e. The molecule has 0 aliphatic carbocycles. The van der Waals surface area contributed by atoms with Crippen LogP contribution in [0, 0.1) is 11.6 Å². The molecule has 36 heavy (non-hydrogen) atoms. The Labute approximate surface area is 220 Å². The number of hydrogen-bond acceptors (Lipinski definition) is 4. The summed E-state index contributed by atoms with van der Waals surface area (Å²) in [6.07, 6.45) is 2.44. The fourth-order valence-electron chi connectivity index (χ4n) is 4.22. The van der Waals surface area contributed by atoms with Crippen LogP contribution in [0.3, 0.4) is 0 Å². The van der Waals surface area contributed by atoms with Gasteiger partial charge in [-0.2, -0.15) is 0 Å². The van der Waals surface area contributed by atoms with Gasteiger partial charge in [0.05, 0.1) is 10.9 Å². The lowest BCUT2D eigenvalue weighted by molar-refractivity contribution is 0.203. The average molecular weight is 551 g/mol. The highest BCUT2D eigenvalue weighted by atomic mass is 35.5. The molecule has 0 spiro atoms. The topological polar surface area (TPSA) is 49.4 Å². The van der Waals surface area contributed by atoms with Gasteiger partial charge in [-0.15, -0.1) is 0 Å². The number of nitrogens with one attached hydrogen (secondary N) is 1. The summed E-state index contributed by atoms with van der Waals surface area (Å²) in [6.45, 7) is 3.16. The van der Waals surface area contributed by atoms with Gasteiger partial charge in [0.2, 0.25) is 0 Å². The number of rotatable bonds is 5. The third-order valence-electron chi connectivity index (χ3n) is 6.05. The highest BCUT2D eigenvalue weighted by molar-refractivity contribution is 8.00. The van der Waals surface area contributed by atoms with Gasteiger partial charge >= 0.3 is 0 Å². The zero-order chi connectivity index (χ0) is 25.9. The van der Waals surface area contributed by atoms with Crippen LogP contribution in [0.1, 0.15) is 29.2 Å². The van der Waals surface area contributed by atoms with Crippen molar-refractivity contribution in [1.29, 1.82) is 0 Å². The smallest absolute Gasteiger partial charge is 0.176 e. The van der Waals surface area contributed by atoms with Crippen molar-refractivity contribution in [2.24, 2.45) is 0 Å². The van der Waals surface area contributed by atoms with E-state index in [1.807, 2.05) is 24.3 Å². The van der Waals surface area contributed by atoms with E-state index in [1.54, 1.807) is 24.3 Å². The van der Waals surface area contributed by atoms with E-state index < -0.39 is 21.5 Å². The van der Waals surface area contributed by atoms with E-state index in [1.165, 1.54) is 19.5 Å². The van der Waals surface area contributed by atoms with Crippen molar-refractivity contribution in [2.45, 2.75) is 12.5 Å². The third kappa shape index (κ3) is 6.52. The fraction of sp³-hybridized carbons (Fsp3) is 0.259. The van der Waals surface area contributed by atoms with Gasteiger partial charge in [0, 0.05) is 35.5 Å². The molecule has 1 N–H and O–H groups in total. The van der Waals surface area contributed by atoms with Crippen LogP contribution in [0.15, 0.2) is 72.3 Å². The van der Waals surface area contributed by atoms with Crippen molar-refractivity contribution in [3.63, 3.8) is 0 Å². The molecule has 190 valence electrons. The van der Waals surface area contributed by atoms with E-state index >= 15 is 0 Å². The van der Waals surface area contributed by atoms with Gasteiger partial charge in [-0.3, -0.25) is 4.90 Å². The zero-order valence-electron chi connectivity index (χ0n) is 19.6. The molecule has 0 amide bonds. The van der Waals surface area contributed by atoms with Gasteiger partial charge in [0.1, 0.15) is 11.6 Å². The van der Waals surface area contributed by atoms with E-state index in [2.05, 4.69) is 10.2 Å². The van der Waals surface area contributed by atoms with Crippen LogP contribution in [0.2, 0.25) is 10.0 Å². The van der Waals surface area contributed by atoms with Crippen molar-refractivity contribution in [3.05, 3.63) is 111 Å². The quantitative estimate of drug-likeness (QED) is 0.416. The first-order valence-corrected chi connectivity index (χ1v) is 14.1. The lowest BCUT2D eigenvalue weighted by Gasteiger charge is -2.42. The Kier molecular flexibility index (Phi) is 8.48. The molecule has 0 atom stereocenters. The van der Waals surface area contributed by atoms with Crippen LogP contribution >= 0.6 is 23.2 Å². The molecule has 2 aliphatic heterocycles. The predicted octanol–water partition coefficient (Wildman–Crippen LogP) is 6.11. The molecule has 2 fully saturated rings. The molecule has 0 aromatic heterocycles. The molecule has 9 heteroatoms. The number of halogens is 4. The first kappa shape index (κ1) is 26.8. The molecule has 3 aromatic carbocycles. The Bertz CT molecular complexity index is 1280. The van der Waals surface area contributed by atoms with Gasteiger partial charge in [-0.1, -0.05) is 47.5 Å². The number of nitrogens with zero attached hydrogens (tertiary/aromatic N) is 1. The second-order valence-corrected chi connectivity index (χ2v) is 11.7. The minimum absolute atomic E-state index is 0.0224. The Balaban J connectivity index is 0.000000692. The Morgan fingerprint density at radius 3 is 1.64 bits per heavy atom. The molecule has 3 aromatic rings.